The number of benzene rings is 2. The van der Waals surface area contributed by atoms with Gasteiger partial charge >= 0.3 is 0 Å². The summed E-state index contributed by atoms with van der Waals surface area (Å²) in [7, 11) is -3.75. The third-order valence-corrected chi connectivity index (χ3v) is 6.29. The Balaban J connectivity index is 1.75. The molecule has 34 heavy (non-hydrogen) atoms. The van der Waals surface area contributed by atoms with E-state index in [0.717, 1.165) is 5.56 Å². The van der Waals surface area contributed by atoms with Crippen LogP contribution in [0.5, 0.6) is 11.5 Å². The molecule has 0 aliphatic rings. The van der Waals surface area contributed by atoms with Gasteiger partial charge in [-0.25, -0.2) is 13.1 Å². The maximum absolute atomic E-state index is 12.4. The van der Waals surface area contributed by atoms with Crippen LogP contribution in [0.25, 0.3) is 0 Å². The van der Waals surface area contributed by atoms with Crippen LogP contribution in [0, 0.1) is 0 Å². The van der Waals surface area contributed by atoms with E-state index in [2.05, 4.69) is 15.6 Å². The fraction of sp³-hybridized carbons (Fsp3) is 0.417. The molecule has 1 atom stereocenters. The Morgan fingerprint density at radius 3 is 2.09 bits per heavy atom. The van der Waals surface area contributed by atoms with E-state index in [1.807, 2.05) is 27.7 Å². The smallest absolute Gasteiger partial charge is 0.279 e. The molecule has 0 radical (unpaired) electrons. The highest BCUT2D eigenvalue weighted by atomic mass is 32.2. The molecular formula is C24H33N3O6S. The zero-order valence-corrected chi connectivity index (χ0v) is 21.0. The summed E-state index contributed by atoms with van der Waals surface area (Å²) in [6.07, 6.45) is -1.03. The van der Waals surface area contributed by atoms with E-state index in [1.54, 1.807) is 36.4 Å². The predicted octanol–water partition coefficient (Wildman–Crippen LogP) is 2.67. The number of rotatable bonds is 10. The maximum Gasteiger partial charge on any atom is 0.279 e. The van der Waals surface area contributed by atoms with Crippen molar-refractivity contribution in [2.24, 2.45) is 0 Å². The molecule has 1 unspecified atom stereocenters. The second-order valence-corrected chi connectivity index (χ2v) is 10.4. The Labute approximate surface area is 201 Å². The van der Waals surface area contributed by atoms with Gasteiger partial charge in [-0.15, -0.1) is 0 Å². The van der Waals surface area contributed by atoms with Crippen molar-refractivity contribution in [3.8, 4) is 11.5 Å². The van der Waals surface area contributed by atoms with Gasteiger partial charge in [-0.05, 0) is 61.2 Å². The summed E-state index contributed by atoms with van der Waals surface area (Å²) in [6.45, 7) is 9.97. The fourth-order valence-corrected chi connectivity index (χ4v) is 3.88. The van der Waals surface area contributed by atoms with E-state index >= 15 is 0 Å². The second-order valence-electron chi connectivity index (χ2n) is 8.62. The highest BCUT2D eigenvalue weighted by Gasteiger charge is 2.18. The zero-order chi connectivity index (χ0) is 25.4. The number of amides is 2. The molecule has 2 amide bonds. The van der Waals surface area contributed by atoms with Gasteiger partial charge in [0.2, 0.25) is 15.9 Å². The lowest BCUT2D eigenvalue weighted by Gasteiger charge is -2.19. The van der Waals surface area contributed by atoms with Crippen LogP contribution in [0.4, 0.5) is 0 Å². The van der Waals surface area contributed by atoms with Gasteiger partial charge in [0.25, 0.3) is 5.91 Å². The van der Waals surface area contributed by atoms with E-state index in [-0.39, 0.29) is 23.3 Å². The topological polar surface area (TPSA) is 123 Å². The van der Waals surface area contributed by atoms with Gasteiger partial charge in [0.1, 0.15) is 11.5 Å². The quantitative estimate of drug-likeness (QED) is 0.439. The number of hydrazine groups is 1. The van der Waals surface area contributed by atoms with Crippen molar-refractivity contribution in [2.75, 3.05) is 13.2 Å². The summed E-state index contributed by atoms with van der Waals surface area (Å²) in [5.41, 5.74) is 5.45. The molecule has 0 aliphatic carbocycles. The number of carbonyl (C=O) groups excluding carboxylic acids is 2. The van der Waals surface area contributed by atoms with E-state index in [0.29, 0.717) is 18.1 Å². The van der Waals surface area contributed by atoms with Crippen LogP contribution in [0.1, 0.15) is 46.6 Å². The first-order valence-corrected chi connectivity index (χ1v) is 12.5. The van der Waals surface area contributed by atoms with Crippen molar-refractivity contribution in [2.45, 2.75) is 57.5 Å². The molecule has 0 spiro atoms. The minimum atomic E-state index is -3.75. The standard InChI is InChI=1S/C24H33N3O6S/c1-6-32-19-9-11-20(12-10-19)33-17(2)23(29)27-26-22(28)15-16-25-34(30,31)21-13-7-18(8-14-21)24(3,4)5/h7-14,17,25H,6,15-16H2,1-5H3,(H,26,28)(H,27,29). The Morgan fingerprint density at radius 2 is 1.53 bits per heavy atom. The molecule has 0 fully saturated rings. The lowest BCUT2D eigenvalue weighted by atomic mass is 9.87. The van der Waals surface area contributed by atoms with Gasteiger partial charge in [-0.1, -0.05) is 32.9 Å². The average molecular weight is 492 g/mol. The van der Waals surface area contributed by atoms with Gasteiger partial charge in [0.05, 0.1) is 11.5 Å². The molecule has 2 aromatic rings. The van der Waals surface area contributed by atoms with E-state index in [9.17, 15) is 18.0 Å². The number of sulfonamides is 1. The van der Waals surface area contributed by atoms with Crippen molar-refractivity contribution in [1.29, 1.82) is 0 Å². The van der Waals surface area contributed by atoms with Crippen LogP contribution in [-0.4, -0.2) is 39.5 Å². The SMILES string of the molecule is CCOc1ccc(OC(C)C(=O)NNC(=O)CCNS(=O)(=O)c2ccc(C(C)(C)C)cc2)cc1. The molecule has 9 nitrogen and oxygen atoms in total. The molecule has 0 saturated carbocycles. The van der Waals surface area contributed by atoms with Crippen LogP contribution >= 0.6 is 0 Å². The van der Waals surface area contributed by atoms with E-state index < -0.39 is 27.9 Å². The molecule has 0 heterocycles. The van der Waals surface area contributed by atoms with Crippen LogP contribution < -0.4 is 25.0 Å². The van der Waals surface area contributed by atoms with Crippen LogP contribution in [-0.2, 0) is 25.0 Å². The Morgan fingerprint density at radius 1 is 0.941 bits per heavy atom. The van der Waals surface area contributed by atoms with Crippen LogP contribution in [0.2, 0.25) is 0 Å². The van der Waals surface area contributed by atoms with Gasteiger partial charge in [0, 0.05) is 13.0 Å². The summed E-state index contributed by atoms with van der Waals surface area (Å²) in [5, 5.41) is 0. The zero-order valence-electron chi connectivity index (χ0n) is 20.2. The predicted molar refractivity (Wildman–Crippen MR) is 129 cm³/mol. The molecule has 0 aliphatic heterocycles. The third-order valence-electron chi connectivity index (χ3n) is 4.82. The number of ether oxygens (including phenoxy) is 2. The van der Waals surface area contributed by atoms with Crippen molar-refractivity contribution in [3.05, 3.63) is 54.1 Å². The summed E-state index contributed by atoms with van der Waals surface area (Å²) < 4.78 is 38.1. The summed E-state index contributed by atoms with van der Waals surface area (Å²) >= 11 is 0. The average Bonchev–Trinajstić information content (AvgIpc) is 2.78. The summed E-state index contributed by atoms with van der Waals surface area (Å²) in [4.78, 5) is 24.3. The highest BCUT2D eigenvalue weighted by Crippen LogP contribution is 2.23. The molecule has 186 valence electrons. The molecule has 0 bridgehead atoms. The second kappa shape index (κ2) is 11.8. The Kier molecular flexibility index (Phi) is 9.46. The molecule has 0 saturated heterocycles. The lowest BCUT2D eigenvalue weighted by molar-refractivity contribution is -0.132. The van der Waals surface area contributed by atoms with Gasteiger partial charge in [0.15, 0.2) is 6.10 Å². The normalized spacial score (nSPS) is 12.5. The first-order valence-electron chi connectivity index (χ1n) is 11.0. The Hall–Kier alpha value is -3.11. The molecule has 2 rings (SSSR count). The van der Waals surface area contributed by atoms with Crippen molar-refractivity contribution in [3.63, 3.8) is 0 Å². The van der Waals surface area contributed by atoms with E-state index in [1.165, 1.54) is 19.1 Å². The van der Waals surface area contributed by atoms with Crippen molar-refractivity contribution in [1.82, 2.24) is 15.6 Å². The summed E-state index contributed by atoms with van der Waals surface area (Å²) in [6, 6.07) is 13.4. The molecule has 10 heteroatoms. The van der Waals surface area contributed by atoms with Gasteiger partial charge in [-0.3, -0.25) is 20.4 Å². The van der Waals surface area contributed by atoms with Gasteiger partial charge < -0.3 is 9.47 Å². The van der Waals surface area contributed by atoms with Crippen LogP contribution in [0.3, 0.4) is 0 Å². The first kappa shape index (κ1) is 27.1. The largest absolute Gasteiger partial charge is 0.494 e. The summed E-state index contributed by atoms with van der Waals surface area (Å²) in [5.74, 6) is 0.0632. The fourth-order valence-electron chi connectivity index (χ4n) is 2.85. The molecule has 0 aromatic heterocycles. The van der Waals surface area contributed by atoms with E-state index in [4.69, 9.17) is 9.47 Å². The number of carbonyl (C=O) groups is 2. The molecular weight excluding hydrogens is 458 g/mol. The lowest BCUT2D eigenvalue weighted by Crippen LogP contribution is -2.47. The minimum absolute atomic E-state index is 0.0883. The van der Waals surface area contributed by atoms with Crippen LogP contribution in [0.15, 0.2) is 53.4 Å². The molecule has 3 N–H and O–H groups in total. The van der Waals surface area contributed by atoms with Crippen molar-refractivity contribution < 1.29 is 27.5 Å². The molecule has 2 aromatic carbocycles. The number of nitrogens with one attached hydrogen (secondary N) is 3. The number of hydrogen-bond acceptors (Lipinski definition) is 6. The van der Waals surface area contributed by atoms with Crippen molar-refractivity contribution >= 4 is 21.8 Å². The maximum atomic E-state index is 12.4. The van der Waals surface area contributed by atoms with Gasteiger partial charge in [-0.2, -0.15) is 0 Å². The highest BCUT2D eigenvalue weighted by molar-refractivity contribution is 7.89. The monoisotopic (exact) mass is 491 g/mol. The number of hydrogen-bond donors (Lipinski definition) is 3. The Bertz CT molecular complexity index is 1060. The first-order chi connectivity index (χ1) is 15.9. The third kappa shape index (κ3) is 8.35. The minimum Gasteiger partial charge on any atom is -0.494 e.